The van der Waals surface area contributed by atoms with Gasteiger partial charge in [-0.25, -0.2) is 4.98 Å². The SMILES string of the molecule is COc1cc(-c2scnc2C)ccc1CNC(=O)[C@@H]1C[C@@H](O)CN1. The van der Waals surface area contributed by atoms with Crippen LogP contribution >= 0.6 is 11.3 Å². The number of aliphatic hydroxyl groups excluding tert-OH is 1. The van der Waals surface area contributed by atoms with E-state index in [4.69, 9.17) is 4.74 Å². The number of methoxy groups -OCH3 is 1. The lowest BCUT2D eigenvalue weighted by atomic mass is 10.1. The molecule has 2 heterocycles. The second-order valence-corrected chi connectivity index (χ2v) is 6.72. The number of thiazole rings is 1. The standard InChI is InChI=1S/C17H21N3O3S/c1-10-16(24-9-20-10)11-3-4-12(15(5-11)23-2)7-19-17(22)14-6-13(21)8-18-14/h3-5,9,13-14,18,21H,6-8H2,1-2H3,(H,19,22)/t13-,14+/m1/s1. The molecule has 1 aliphatic heterocycles. The summed E-state index contributed by atoms with van der Waals surface area (Å²) in [6, 6.07) is 5.62. The summed E-state index contributed by atoms with van der Waals surface area (Å²) in [4.78, 5) is 17.5. The van der Waals surface area contributed by atoms with Gasteiger partial charge in [0.15, 0.2) is 0 Å². The first-order valence-corrected chi connectivity index (χ1v) is 8.73. The van der Waals surface area contributed by atoms with Crippen LogP contribution in [-0.2, 0) is 11.3 Å². The maximum absolute atomic E-state index is 12.1. The fraction of sp³-hybridized carbons (Fsp3) is 0.412. The van der Waals surface area contributed by atoms with E-state index in [1.165, 1.54) is 0 Å². The zero-order valence-electron chi connectivity index (χ0n) is 13.7. The zero-order chi connectivity index (χ0) is 17.1. The van der Waals surface area contributed by atoms with Crippen LogP contribution < -0.4 is 15.4 Å². The highest BCUT2D eigenvalue weighted by atomic mass is 32.1. The van der Waals surface area contributed by atoms with E-state index < -0.39 is 6.10 Å². The quantitative estimate of drug-likeness (QED) is 0.763. The van der Waals surface area contributed by atoms with Crippen molar-refractivity contribution in [1.82, 2.24) is 15.6 Å². The van der Waals surface area contributed by atoms with Crippen LogP contribution in [0.5, 0.6) is 5.75 Å². The highest BCUT2D eigenvalue weighted by molar-refractivity contribution is 7.13. The molecule has 2 atom stereocenters. The van der Waals surface area contributed by atoms with Gasteiger partial charge >= 0.3 is 0 Å². The third-order valence-electron chi connectivity index (χ3n) is 4.17. The number of rotatable bonds is 5. The Kier molecular flexibility index (Phi) is 5.13. The van der Waals surface area contributed by atoms with Gasteiger partial charge in [-0.15, -0.1) is 11.3 Å². The number of aromatic nitrogens is 1. The minimum absolute atomic E-state index is 0.101. The van der Waals surface area contributed by atoms with Crippen molar-refractivity contribution in [3.8, 4) is 16.2 Å². The van der Waals surface area contributed by atoms with E-state index in [0.29, 0.717) is 19.5 Å². The number of nitrogens with one attached hydrogen (secondary N) is 2. The number of benzene rings is 1. The Balaban J connectivity index is 1.69. The summed E-state index contributed by atoms with van der Waals surface area (Å²) in [6.45, 7) is 2.83. The molecule has 1 aromatic carbocycles. The van der Waals surface area contributed by atoms with Crippen molar-refractivity contribution in [2.24, 2.45) is 0 Å². The fourth-order valence-electron chi connectivity index (χ4n) is 2.83. The molecule has 3 N–H and O–H groups in total. The molecule has 0 unspecified atom stereocenters. The average Bonchev–Trinajstić information content (AvgIpc) is 3.21. The molecule has 0 radical (unpaired) electrons. The Bertz CT molecular complexity index is 732. The van der Waals surface area contributed by atoms with Gasteiger partial charge in [0.25, 0.3) is 0 Å². The monoisotopic (exact) mass is 347 g/mol. The lowest BCUT2D eigenvalue weighted by molar-refractivity contribution is -0.123. The number of ether oxygens (including phenoxy) is 1. The van der Waals surface area contributed by atoms with Gasteiger partial charge in [0.1, 0.15) is 5.75 Å². The summed E-state index contributed by atoms with van der Waals surface area (Å²) in [5.41, 5.74) is 4.79. The number of aryl methyl sites for hydroxylation is 1. The Morgan fingerprint density at radius 2 is 2.38 bits per heavy atom. The molecule has 1 aromatic heterocycles. The van der Waals surface area contributed by atoms with Crippen molar-refractivity contribution in [3.05, 3.63) is 35.0 Å². The van der Waals surface area contributed by atoms with E-state index in [9.17, 15) is 9.90 Å². The predicted molar refractivity (Wildman–Crippen MR) is 93.1 cm³/mol. The normalized spacial score (nSPS) is 20.1. The first-order valence-electron chi connectivity index (χ1n) is 7.85. The van der Waals surface area contributed by atoms with Crippen LogP contribution in [-0.4, -0.2) is 41.8 Å². The molecule has 0 saturated carbocycles. The van der Waals surface area contributed by atoms with Crippen LogP contribution in [0.1, 0.15) is 17.7 Å². The molecule has 7 heteroatoms. The number of carbonyl (C=O) groups is 1. The van der Waals surface area contributed by atoms with Crippen molar-refractivity contribution >= 4 is 17.2 Å². The minimum atomic E-state index is -0.447. The first kappa shape index (κ1) is 16.9. The number of β-amino-alcohol motifs (C(OH)–C–C–N with tert-alkyl or cyclic N) is 1. The van der Waals surface area contributed by atoms with Crippen LogP contribution in [0.15, 0.2) is 23.7 Å². The first-order chi connectivity index (χ1) is 11.6. The van der Waals surface area contributed by atoms with Crippen LogP contribution in [0.25, 0.3) is 10.4 Å². The average molecular weight is 347 g/mol. The van der Waals surface area contributed by atoms with Gasteiger partial charge in [-0.05, 0) is 25.0 Å². The maximum atomic E-state index is 12.1. The van der Waals surface area contributed by atoms with Gasteiger partial charge in [0.05, 0.1) is 35.3 Å². The molecule has 6 nitrogen and oxygen atoms in total. The Hall–Kier alpha value is -1.96. The van der Waals surface area contributed by atoms with E-state index >= 15 is 0 Å². The topological polar surface area (TPSA) is 83.5 Å². The third-order valence-corrected chi connectivity index (χ3v) is 5.15. The molecule has 0 aliphatic carbocycles. The van der Waals surface area contributed by atoms with Gasteiger partial charge in [-0.1, -0.05) is 12.1 Å². The van der Waals surface area contributed by atoms with Gasteiger partial charge in [0, 0.05) is 18.7 Å². The van der Waals surface area contributed by atoms with Gasteiger partial charge < -0.3 is 20.5 Å². The molecular formula is C17H21N3O3S. The highest BCUT2D eigenvalue weighted by Gasteiger charge is 2.27. The second kappa shape index (κ2) is 7.29. The van der Waals surface area contributed by atoms with E-state index in [1.807, 2.05) is 30.6 Å². The lowest BCUT2D eigenvalue weighted by Gasteiger charge is -2.14. The molecule has 1 fully saturated rings. The number of aliphatic hydroxyl groups is 1. The summed E-state index contributed by atoms with van der Waals surface area (Å²) < 4.78 is 5.48. The number of hydrogen-bond donors (Lipinski definition) is 3. The fourth-order valence-corrected chi connectivity index (χ4v) is 3.64. The zero-order valence-corrected chi connectivity index (χ0v) is 14.5. The Labute approximate surface area is 144 Å². The highest BCUT2D eigenvalue weighted by Crippen LogP contribution is 2.31. The van der Waals surface area contributed by atoms with E-state index in [-0.39, 0.29) is 11.9 Å². The molecule has 0 spiro atoms. The number of nitrogens with zero attached hydrogens (tertiary/aromatic N) is 1. The molecule has 3 rings (SSSR count). The van der Waals surface area contributed by atoms with Crippen molar-refractivity contribution < 1.29 is 14.6 Å². The number of carbonyl (C=O) groups excluding carboxylic acids is 1. The molecule has 1 aliphatic rings. The van der Waals surface area contributed by atoms with E-state index in [2.05, 4.69) is 15.6 Å². The van der Waals surface area contributed by atoms with Crippen LogP contribution in [0, 0.1) is 6.92 Å². The van der Waals surface area contributed by atoms with E-state index in [0.717, 1.165) is 27.4 Å². The second-order valence-electron chi connectivity index (χ2n) is 5.86. The Morgan fingerprint density at radius 1 is 1.54 bits per heavy atom. The minimum Gasteiger partial charge on any atom is -0.496 e. The summed E-state index contributed by atoms with van der Waals surface area (Å²) >= 11 is 1.59. The summed E-state index contributed by atoms with van der Waals surface area (Å²) in [6.07, 6.45) is 0.00393. The van der Waals surface area contributed by atoms with Crippen LogP contribution in [0.2, 0.25) is 0 Å². The van der Waals surface area contributed by atoms with Gasteiger partial charge in [-0.3, -0.25) is 4.79 Å². The third kappa shape index (κ3) is 3.58. The molecule has 2 aromatic rings. The van der Waals surface area contributed by atoms with Crippen molar-refractivity contribution in [2.45, 2.75) is 32.0 Å². The number of hydrogen-bond acceptors (Lipinski definition) is 6. The largest absolute Gasteiger partial charge is 0.496 e. The van der Waals surface area contributed by atoms with Crippen molar-refractivity contribution in [2.75, 3.05) is 13.7 Å². The Morgan fingerprint density at radius 3 is 3.00 bits per heavy atom. The summed E-state index contributed by atoms with van der Waals surface area (Å²) in [5.74, 6) is 0.635. The van der Waals surface area contributed by atoms with Crippen LogP contribution in [0.4, 0.5) is 0 Å². The summed E-state index contributed by atoms with van der Waals surface area (Å²) in [5, 5.41) is 15.4. The van der Waals surface area contributed by atoms with Crippen molar-refractivity contribution in [1.29, 1.82) is 0 Å². The lowest BCUT2D eigenvalue weighted by Crippen LogP contribution is -2.40. The molecular weight excluding hydrogens is 326 g/mol. The maximum Gasteiger partial charge on any atom is 0.237 e. The van der Waals surface area contributed by atoms with Crippen LogP contribution in [0.3, 0.4) is 0 Å². The molecule has 1 amide bonds. The van der Waals surface area contributed by atoms with E-state index in [1.54, 1.807) is 18.4 Å². The van der Waals surface area contributed by atoms with Gasteiger partial charge in [0.2, 0.25) is 5.91 Å². The molecule has 1 saturated heterocycles. The number of amides is 1. The molecule has 24 heavy (non-hydrogen) atoms. The summed E-state index contributed by atoms with van der Waals surface area (Å²) in [7, 11) is 1.62. The smallest absolute Gasteiger partial charge is 0.237 e. The van der Waals surface area contributed by atoms with Crippen molar-refractivity contribution in [3.63, 3.8) is 0 Å². The van der Waals surface area contributed by atoms with Gasteiger partial charge in [-0.2, -0.15) is 0 Å². The predicted octanol–water partition coefficient (Wildman–Crippen LogP) is 1.47. The molecule has 128 valence electrons. The molecule has 0 bridgehead atoms.